The highest BCUT2D eigenvalue weighted by atomic mass is 15.1. The average Bonchev–Trinajstić information content (AvgIpc) is 3.80. The van der Waals surface area contributed by atoms with Crippen LogP contribution in [0.2, 0.25) is 0 Å². The minimum Gasteiger partial charge on any atom is -0.311 e. The van der Waals surface area contributed by atoms with E-state index in [0.717, 1.165) is 52.9 Å². The SMILES string of the molecule is CC1C=CC(c2cc(-c3nc(-c4ccccc4)nc(-c4ccccc4)n3)cc(-n3c4c(c5ccc6c7ccccc7n(-c7ccccc7)c6c53)CCCC4)c2)=CC1. The second kappa shape index (κ2) is 13.7. The van der Waals surface area contributed by atoms with Gasteiger partial charge in [-0.3, -0.25) is 0 Å². The first-order valence-corrected chi connectivity index (χ1v) is 20.2. The summed E-state index contributed by atoms with van der Waals surface area (Å²) in [6.45, 7) is 2.28. The van der Waals surface area contributed by atoms with E-state index < -0.39 is 0 Å². The Kier molecular flexibility index (Phi) is 8.06. The molecule has 5 heteroatoms. The maximum atomic E-state index is 5.23. The monoisotopic (exact) mass is 735 g/mol. The topological polar surface area (TPSA) is 48.5 Å². The highest BCUT2D eigenvalue weighted by Gasteiger charge is 2.27. The summed E-state index contributed by atoms with van der Waals surface area (Å²) in [5, 5.41) is 3.86. The van der Waals surface area contributed by atoms with Crippen molar-refractivity contribution in [2.75, 3.05) is 0 Å². The van der Waals surface area contributed by atoms with E-state index in [1.54, 1.807) is 0 Å². The van der Waals surface area contributed by atoms with Gasteiger partial charge in [-0.05, 0) is 91.1 Å². The van der Waals surface area contributed by atoms with Gasteiger partial charge in [-0.25, -0.2) is 15.0 Å². The Morgan fingerprint density at radius 1 is 0.509 bits per heavy atom. The lowest BCUT2D eigenvalue weighted by atomic mass is 9.92. The normalized spacial score (nSPS) is 15.3. The third-order valence-electron chi connectivity index (χ3n) is 11.9. The molecular formula is C52H41N5. The second-order valence-electron chi connectivity index (χ2n) is 15.6. The molecule has 1 atom stereocenters. The van der Waals surface area contributed by atoms with Crippen molar-refractivity contribution in [1.29, 1.82) is 0 Å². The summed E-state index contributed by atoms with van der Waals surface area (Å²) >= 11 is 0. The van der Waals surface area contributed by atoms with Crippen LogP contribution < -0.4 is 0 Å². The molecule has 3 heterocycles. The van der Waals surface area contributed by atoms with E-state index in [4.69, 9.17) is 15.0 Å². The fourth-order valence-electron chi connectivity index (χ4n) is 9.12. The lowest BCUT2D eigenvalue weighted by Gasteiger charge is -2.20. The van der Waals surface area contributed by atoms with Gasteiger partial charge in [0, 0.05) is 49.9 Å². The molecule has 5 nitrogen and oxygen atoms in total. The van der Waals surface area contributed by atoms with Crippen molar-refractivity contribution in [2.45, 2.75) is 39.0 Å². The maximum Gasteiger partial charge on any atom is 0.164 e. The molecule has 0 saturated carbocycles. The van der Waals surface area contributed by atoms with Crippen molar-refractivity contribution in [1.82, 2.24) is 24.1 Å². The summed E-state index contributed by atoms with van der Waals surface area (Å²) in [6.07, 6.45) is 12.5. The Bertz CT molecular complexity index is 2980. The van der Waals surface area contributed by atoms with Crippen LogP contribution in [0.25, 0.3) is 83.8 Å². The van der Waals surface area contributed by atoms with Crippen LogP contribution in [0.5, 0.6) is 0 Å². The second-order valence-corrected chi connectivity index (χ2v) is 15.6. The van der Waals surface area contributed by atoms with Gasteiger partial charge in [0.05, 0.1) is 16.6 Å². The zero-order valence-electron chi connectivity index (χ0n) is 31.9. The Balaban J connectivity index is 1.24. The number of benzene rings is 6. The molecule has 9 aromatic rings. The predicted octanol–water partition coefficient (Wildman–Crippen LogP) is 12.8. The number of nitrogens with zero attached hydrogens (tertiary/aromatic N) is 5. The third-order valence-corrected chi connectivity index (χ3v) is 11.9. The van der Waals surface area contributed by atoms with Crippen LogP contribution in [0.1, 0.15) is 43.0 Å². The summed E-state index contributed by atoms with van der Waals surface area (Å²) in [5.41, 5.74) is 14.2. The molecule has 0 amide bonds. The Morgan fingerprint density at radius 2 is 1.11 bits per heavy atom. The number of hydrogen-bond donors (Lipinski definition) is 0. The van der Waals surface area contributed by atoms with Crippen LogP contribution in [-0.4, -0.2) is 24.1 Å². The molecule has 0 bridgehead atoms. The minimum absolute atomic E-state index is 0.510. The number of allylic oxidation sites excluding steroid dienone is 4. The van der Waals surface area contributed by atoms with Crippen LogP contribution >= 0.6 is 0 Å². The van der Waals surface area contributed by atoms with E-state index >= 15 is 0 Å². The maximum absolute atomic E-state index is 5.23. The highest BCUT2D eigenvalue weighted by Crippen LogP contribution is 2.43. The lowest BCUT2D eigenvalue weighted by molar-refractivity contribution is 0.667. The van der Waals surface area contributed by atoms with Crippen LogP contribution in [-0.2, 0) is 12.8 Å². The van der Waals surface area contributed by atoms with Gasteiger partial charge < -0.3 is 9.13 Å². The summed E-state index contributed by atoms with van der Waals surface area (Å²) in [5.74, 6) is 2.49. The highest BCUT2D eigenvalue weighted by molar-refractivity contribution is 6.19. The molecule has 0 saturated heterocycles. The molecule has 0 spiro atoms. The molecule has 11 rings (SSSR count). The third kappa shape index (κ3) is 5.73. The van der Waals surface area contributed by atoms with E-state index in [-0.39, 0.29) is 0 Å². The summed E-state index contributed by atoms with van der Waals surface area (Å²) in [4.78, 5) is 15.5. The van der Waals surface area contributed by atoms with Crippen LogP contribution in [0.3, 0.4) is 0 Å². The molecule has 3 aromatic heterocycles. The summed E-state index contributed by atoms with van der Waals surface area (Å²) in [7, 11) is 0. The van der Waals surface area contributed by atoms with Crippen LogP contribution in [0.15, 0.2) is 164 Å². The number of rotatable bonds is 6. The fraction of sp³-hybridized carbons (Fsp3) is 0.135. The number of fused-ring (bicyclic) bond motifs is 7. The van der Waals surface area contributed by atoms with Gasteiger partial charge in [-0.1, -0.05) is 134 Å². The molecule has 274 valence electrons. The van der Waals surface area contributed by atoms with Gasteiger partial charge in [0.25, 0.3) is 0 Å². The van der Waals surface area contributed by atoms with Crippen molar-refractivity contribution in [3.63, 3.8) is 0 Å². The van der Waals surface area contributed by atoms with Gasteiger partial charge in [0.15, 0.2) is 17.5 Å². The first-order valence-electron chi connectivity index (χ1n) is 20.2. The smallest absolute Gasteiger partial charge is 0.164 e. The van der Waals surface area contributed by atoms with Gasteiger partial charge in [-0.15, -0.1) is 0 Å². The zero-order valence-corrected chi connectivity index (χ0v) is 31.9. The van der Waals surface area contributed by atoms with Crippen molar-refractivity contribution in [3.05, 3.63) is 181 Å². The Hall–Kier alpha value is -6.85. The first-order chi connectivity index (χ1) is 28.2. The molecule has 0 fully saturated rings. The zero-order chi connectivity index (χ0) is 37.9. The first kappa shape index (κ1) is 33.5. The van der Waals surface area contributed by atoms with Crippen molar-refractivity contribution < 1.29 is 0 Å². The molecular weight excluding hydrogens is 695 g/mol. The summed E-state index contributed by atoms with van der Waals surface area (Å²) in [6, 6.07) is 52.0. The van der Waals surface area contributed by atoms with Crippen molar-refractivity contribution in [2.24, 2.45) is 5.92 Å². The fourth-order valence-corrected chi connectivity index (χ4v) is 9.12. The van der Waals surface area contributed by atoms with Gasteiger partial charge >= 0.3 is 0 Å². The van der Waals surface area contributed by atoms with Crippen molar-refractivity contribution >= 4 is 38.3 Å². The number of aryl methyl sites for hydroxylation is 1. The molecule has 2 aliphatic carbocycles. The standard InChI is InChI=1S/C52H41N5/c1-34-25-27-35(28-26-34)38-31-39(52-54-50(36-15-5-2-6-16-36)53-51(55-52)37-17-7-3-8-18-37)33-41(32-38)57-47-24-14-12-22-43(47)45-30-29-44-42-21-11-13-23-46(42)56(48(44)49(45)57)40-19-9-4-10-20-40/h2-11,13,15-21,23,25,27-34H,12,14,22,24,26H2,1H3. The van der Waals surface area contributed by atoms with Crippen molar-refractivity contribution in [3.8, 4) is 45.5 Å². The molecule has 1 unspecified atom stereocenters. The van der Waals surface area contributed by atoms with E-state index in [2.05, 4.69) is 143 Å². The molecule has 57 heavy (non-hydrogen) atoms. The molecule has 0 N–H and O–H groups in total. The lowest BCUT2D eigenvalue weighted by Crippen LogP contribution is -2.08. The average molecular weight is 736 g/mol. The van der Waals surface area contributed by atoms with E-state index in [9.17, 15) is 0 Å². The van der Waals surface area contributed by atoms with Gasteiger partial charge in [0.1, 0.15) is 0 Å². The Labute approximate surface area is 332 Å². The predicted molar refractivity (Wildman–Crippen MR) is 235 cm³/mol. The van der Waals surface area contributed by atoms with Gasteiger partial charge in [-0.2, -0.15) is 0 Å². The molecule has 2 aliphatic rings. The largest absolute Gasteiger partial charge is 0.311 e. The Morgan fingerprint density at radius 3 is 1.81 bits per heavy atom. The number of aromatic nitrogens is 5. The van der Waals surface area contributed by atoms with E-state index in [0.29, 0.717) is 23.4 Å². The number of para-hydroxylation sites is 2. The minimum atomic E-state index is 0.510. The van der Waals surface area contributed by atoms with Crippen LogP contribution in [0.4, 0.5) is 0 Å². The quantitative estimate of drug-likeness (QED) is 0.171. The molecule has 0 radical (unpaired) electrons. The van der Waals surface area contributed by atoms with E-state index in [1.807, 2.05) is 36.4 Å². The molecule has 6 aromatic carbocycles. The number of hydrogen-bond acceptors (Lipinski definition) is 3. The summed E-state index contributed by atoms with van der Waals surface area (Å²) < 4.78 is 5.09. The van der Waals surface area contributed by atoms with Crippen LogP contribution in [0, 0.1) is 5.92 Å². The van der Waals surface area contributed by atoms with Gasteiger partial charge in [0.2, 0.25) is 0 Å². The van der Waals surface area contributed by atoms with E-state index in [1.165, 1.54) is 62.4 Å². The molecule has 0 aliphatic heterocycles.